The van der Waals surface area contributed by atoms with Gasteiger partial charge in [-0.15, -0.1) is 11.3 Å². The van der Waals surface area contributed by atoms with Gasteiger partial charge in [0.15, 0.2) is 0 Å². The van der Waals surface area contributed by atoms with E-state index in [1.807, 2.05) is 0 Å². The molecule has 0 saturated carbocycles. The van der Waals surface area contributed by atoms with Crippen LogP contribution in [0, 0.1) is 5.92 Å². The molecule has 1 aromatic heterocycles. The summed E-state index contributed by atoms with van der Waals surface area (Å²) >= 11 is 1.06. The second-order valence-electron chi connectivity index (χ2n) is 4.67. The molecule has 0 aromatic carbocycles. The lowest BCUT2D eigenvalue weighted by molar-refractivity contribution is 0.0602. The highest BCUT2D eigenvalue weighted by Crippen LogP contribution is 2.23. The standard InChI is InChI=1S/C12H18N2O4S2/c1-18-12(15)11-10(4-6-19-11)20(16,17)14-8-9-3-2-5-13-7-9/h4,6,9,13-14H,2-3,5,7-8H2,1H3. The van der Waals surface area contributed by atoms with Gasteiger partial charge in [0.1, 0.15) is 9.77 Å². The molecule has 1 aliphatic rings. The smallest absolute Gasteiger partial charge is 0.349 e. The van der Waals surface area contributed by atoms with Gasteiger partial charge < -0.3 is 10.1 Å². The highest BCUT2D eigenvalue weighted by atomic mass is 32.2. The molecular weight excluding hydrogens is 300 g/mol. The molecule has 0 amide bonds. The predicted octanol–water partition coefficient (Wildman–Crippen LogP) is 0.813. The molecule has 2 heterocycles. The van der Waals surface area contributed by atoms with Crippen molar-refractivity contribution in [1.82, 2.24) is 10.0 Å². The maximum atomic E-state index is 12.2. The van der Waals surface area contributed by atoms with Gasteiger partial charge in [0.05, 0.1) is 7.11 Å². The van der Waals surface area contributed by atoms with E-state index in [4.69, 9.17) is 0 Å². The molecule has 2 N–H and O–H groups in total. The fourth-order valence-corrected chi connectivity index (χ4v) is 4.60. The zero-order valence-electron chi connectivity index (χ0n) is 11.2. The van der Waals surface area contributed by atoms with Crippen molar-refractivity contribution in [3.8, 4) is 0 Å². The van der Waals surface area contributed by atoms with Crippen LogP contribution in [-0.4, -0.2) is 41.1 Å². The summed E-state index contributed by atoms with van der Waals surface area (Å²) in [6.45, 7) is 2.18. The van der Waals surface area contributed by atoms with Gasteiger partial charge in [-0.1, -0.05) is 0 Å². The number of sulfonamides is 1. The number of nitrogens with one attached hydrogen (secondary N) is 2. The van der Waals surface area contributed by atoms with Crippen LogP contribution >= 0.6 is 11.3 Å². The molecule has 0 radical (unpaired) electrons. The zero-order valence-corrected chi connectivity index (χ0v) is 12.9. The van der Waals surface area contributed by atoms with Crippen molar-refractivity contribution in [2.45, 2.75) is 17.7 Å². The Hall–Kier alpha value is -0.960. The van der Waals surface area contributed by atoms with E-state index in [0.29, 0.717) is 12.5 Å². The summed E-state index contributed by atoms with van der Waals surface area (Å²) in [4.78, 5) is 11.6. The summed E-state index contributed by atoms with van der Waals surface area (Å²) in [5.74, 6) is -0.335. The molecule has 1 aliphatic heterocycles. The van der Waals surface area contributed by atoms with Crippen LogP contribution in [0.4, 0.5) is 0 Å². The number of methoxy groups -OCH3 is 1. The number of carbonyl (C=O) groups excluding carboxylic acids is 1. The van der Waals surface area contributed by atoms with E-state index < -0.39 is 16.0 Å². The Morgan fingerprint density at radius 1 is 1.60 bits per heavy atom. The first-order chi connectivity index (χ1) is 9.54. The molecule has 0 bridgehead atoms. The molecule has 1 aromatic rings. The van der Waals surface area contributed by atoms with Crippen LogP contribution < -0.4 is 10.0 Å². The number of ether oxygens (including phenoxy) is 1. The third-order valence-electron chi connectivity index (χ3n) is 3.25. The van der Waals surface area contributed by atoms with Crippen molar-refractivity contribution in [1.29, 1.82) is 0 Å². The third-order valence-corrected chi connectivity index (χ3v) is 5.74. The van der Waals surface area contributed by atoms with Crippen LogP contribution in [0.3, 0.4) is 0 Å². The fourth-order valence-electron chi connectivity index (χ4n) is 2.15. The molecule has 20 heavy (non-hydrogen) atoms. The van der Waals surface area contributed by atoms with Gasteiger partial charge in [0.25, 0.3) is 0 Å². The molecule has 6 nitrogen and oxygen atoms in total. The first-order valence-electron chi connectivity index (χ1n) is 6.41. The van der Waals surface area contributed by atoms with E-state index in [0.717, 1.165) is 37.3 Å². The third kappa shape index (κ3) is 3.57. The van der Waals surface area contributed by atoms with E-state index >= 15 is 0 Å². The van der Waals surface area contributed by atoms with Crippen molar-refractivity contribution in [3.63, 3.8) is 0 Å². The fraction of sp³-hybridized carbons (Fsp3) is 0.583. The molecule has 2 rings (SSSR count). The van der Waals surface area contributed by atoms with Crippen molar-refractivity contribution in [3.05, 3.63) is 16.3 Å². The lowest BCUT2D eigenvalue weighted by Gasteiger charge is -2.22. The van der Waals surface area contributed by atoms with Crippen LogP contribution in [0.15, 0.2) is 16.3 Å². The largest absolute Gasteiger partial charge is 0.465 e. The van der Waals surface area contributed by atoms with Gasteiger partial charge in [-0.25, -0.2) is 17.9 Å². The van der Waals surface area contributed by atoms with E-state index in [2.05, 4.69) is 14.8 Å². The summed E-state index contributed by atoms with van der Waals surface area (Å²) in [5.41, 5.74) is 0. The second-order valence-corrected chi connectivity index (χ2v) is 7.32. The molecule has 1 atom stereocenters. The van der Waals surface area contributed by atoms with E-state index in [-0.39, 0.29) is 9.77 Å². The minimum atomic E-state index is -3.67. The maximum absolute atomic E-state index is 12.2. The molecule has 1 fully saturated rings. The molecule has 112 valence electrons. The van der Waals surface area contributed by atoms with Gasteiger partial charge in [-0.2, -0.15) is 0 Å². The minimum absolute atomic E-state index is 0.00174. The number of piperidine rings is 1. The predicted molar refractivity (Wildman–Crippen MR) is 76.4 cm³/mol. The Bertz CT molecular complexity index is 562. The van der Waals surface area contributed by atoms with Crippen LogP contribution in [0.1, 0.15) is 22.5 Å². The highest BCUT2D eigenvalue weighted by molar-refractivity contribution is 7.89. The zero-order chi connectivity index (χ0) is 14.6. The van der Waals surface area contributed by atoms with Crippen LogP contribution in [0.2, 0.25) is 0 Å². The quantitative estimate of drug-likeness (QED) is 0.785. The van der Waals surface area contributed by atoms with Gasteiger partial charge in [-0.3, -0.25) is 0 Å². The van der Waals surface area contributed by atoms with Crippen LogP contribution in [0.25, 0.3) is 0 Å². The first kappa shape index (κ1) is 15.4. The van der Waals surface area contributed by atoms with Gasteiger partial charge >= 0.3 is 5.97 Å². The first-order valence-corrected chi connectivity index (χ1v) is 8.77. The van der Waals surface area contributed by atoms with Crippen molar-refractivity contribution < 1.29 is 17.9 Å². The van der Waals surface area contributed by atoms with E-state index in [1.165, 1.54) is 13.2 Å². The van der Waals surface area contributed by atoms with Gasteiger partial charge in [-0.05, 0) is 43.3 Å². The Labute approximate surface area is 122 Å². The monoisotopic (exact) mass is 318 g/mol. The maximum Gasteiger partial charge on any atom is 0.349 e. The second kappa shape index (κ2) is 6.66. The van der Waals surface area contributed by atoms with Crippen LogP contribution in [0.5, 0.6) is 0 Å². The summed E-state index contributed by atoms with van der Waals surface area (Å²) in [5, 5.41) is 4.81. The number of thiophene rings is 1. The van der Waals surface area contributed by atoms with Gasteiger partial charge in [0.2, 0.25) is 10.0 Å². The average Bonchev–Trinajstić information content (AvgIpc) is 2.96. The molecule has 1 unspecified atom stereocenters. The molecule has 8 heteroatoms. The highest BCUT2D eigenvalue weighted by Gasteiger charge is 2.25. The Morgan fingerprint density at radius 3 is 3.05 bits per heavy atom. The number of rotatable bonds is 5. The van der Waals surface area contributed by atoms with E-state index in [9.17, 15) is 13.2 Å². The summed E-state index contributed by atoms with van der Waals surface area (Å²) in [7, 11) is -2.43. The van der Waals surface area contributed by atoms with Gasteiger partial charge in [0, 0.05) is 6.54 Å². The van der Waals surface area contributed by atoms with Crippen LogP contribution in [-0.2, 0) is 14.8 Å². The molecule has 0 spiro atoms. The summed E-state index contributed by atoms with van der Waals surface area (Å²) in [6.07, 6.45) is 2.06. The molecule has 1 saturated heterocycles. The summed E-state index contributed by atoms with van der Waals surface area (Å²) < 4.78 is 31.7. The number of esters is 1. The van der Waals surface area contributed by atoms with Crippen molar-refractivity contribution in [2.75, 3.05) is 26.7 Å². The van der Waals surface area contributed by atoms with E-state index in [1.54, 1.807) is 5.38 Å². The Balaban J connectivity index is 2.06. The lowest BCUT2D eigenvalue weighted by Crippen LogP contribution is -2.38. The molecule has 0 aliphatic carbocycles. The number of hydrogen-bond acceptors (Lipinski definition) is 6. The van der Waals surface area contributed by atoms with Crippen molar-refractivity contribution in [2.24, 2.45) is 5.92 Å². The Morgan fingerprint density at radius 2 is 2.40 bits per heavy atom. The summed E-state index contributed by atoms with van der Waals surface area (Å²) in [6, 6.07) is 1.43. The molecular formula is C12H18N2O4S2. The number of carbonyl (C=O) groups is 1. The Kier molecular flexibility index (Phi) is 5.14. The lowest BCUT2D eigenvalue weighted by atomic mass is 10.0. The number of hydrogen-bond donors (Lipinski definition) is 2. The minimum Gasteiger partial charge on any atom is -0.465 e. The van der Waals surface area contributed by atoms with Crippen molar-refractivity contribution >= 4 is 27.3 Å². The topological polar surface area (TPSA) is 84.5 Å². The normalized spacial score (nSPS) is 19.8. The SMILES string of the molecule is COC(=O)c1sccc1S(=O)(=O)NCC1CCCNC1. The average molecular weight is 318 g/mol.